The number of rotatable bonds is 6. The first-order valence-electron chi connectivity index (χ1n) is 9.13. The van der Waals surface area contributed by atoms with Crippen molar-refractivity contribution in [1.82, 2.24) is 20.0 Å². The van der Waals surface area contributed by atoms with Crippen LogP contribution in [0.15, 0.2) is 58.8 Å². The number of aryl methyl sites for hydroxylation is 1. The Morgan fingerprint density at radius 2 is 1.97 bits per heavy atom. The van der Waals surface area contributed by atoms with Crippen LogP contribution in [0.4, 0.5) is 29.1 Å². The molecule has 2 aromatic heterocycles. The first kappa shape index (κ1) is 22.7. The lowest BCUT2D eigenvalue weighted by atomic mass is 10.1. The number of halogens is 4. The minimum absolute atomic E-state index is 0.266. The normalized spacial score (nSPS) is 12.0. The Hall–Kier alpha value is -4.00. The zero-order valence-electron chi connectivity index (χ0n) is 16.4. The average Bonchev–Trinajstić information content (AvgIpc) is 2.77. The number of hydrogen-bond acceptors (Lipinski definition) is 7. The summed E-state index contributed by atoms with van der Waals surface area (Å²) in [6.45, 7) is 0. The molecule has 32 heavy (non-hydrogen) atoms. The predicted molar refractivity (Wildman–Crippen MR) is 110 cm³/mol. The van der Waals surface area contributed by atoms with Crippen LogP contribution in [0, 0.1) is 5.82 Å². The molecule has 168 valence electrons. The van der Waals surface area contributed by atoms with E-state index in [2.05, 4.69) is 25.8 Å². The molecule has 3 rings (SSSR count). The predicted octanol–water partition coefficient (Wildman–Crippen LogP) is 2.20. The van der Waals surface area contributed by atoms with Crippen molar-refractivity contribution in [3.8, 4) is 5.82 Å². The van der Waals surface area contributed by atoms with Crippen molar-refractivity contribution in [3.63, 3.8) is 0 Å². The molecule has 1 aromatic carbocycles. The zero-order valence-corrected chi connectivity index (χ0v) is 16.4. The number of hydrogen-bond donors (Lipinski definition) is 4. The molecule has 0 unspecified atom stereocenters. The van der Waals surface area contributed by atoms with Crippen LogP contribution in [0.5, 0.6) is 0 Å². The van der Waals surface area contributed by atoms with E-state index in [1.165, 1.54) is 12.4 Å². The van der Waals surface area contributed by atoms with Crippen LogP contribution < -0.4 is 28.0 Å². The van der Waals surface area contributed by atoms with E-state index in [-0.39, 0.29) is 17.3 Å². The number of amidine groups is 1. The van der Waals surface area contributed by atoms with E-state index >= 15 is 0 Å². The van der Waals surface area contributed by atoms with Gasteiger partial charge in [-0.2, -0.15) is 18.3 Å². The van der Waals surface area contributed by atoms with E-state index in [1.54, 1.807) is 18.3 Å². The molecular formula is C19H18F4N8O. The topological polar surface area (TPSA) is 136 Å². The molecule has 13 heteroatoms. The van der Waals surface area contributed by atoms with Crippen molar-refractivity contribution >= 4 is 17.3 Å². The standard InChI is InChI=1S/C19H18F4N8O/c20-13-9-12(19(21,22)23)3-4-14(13)28-17-18(32)31(8-7-26-17)16-6-2-11(10-27-16)1-5-15(29-24)30-25/h2-4,6-10H,1,5,24-25H2,(H,26,28)(H,29,30). The van der Waals surface area contributed by atoms with E-state index < -0.39 is 23.1 Å². The largest absolute Gasteiger partial charge is 0.416 e. The molecule has 0 saturated carbocycles. The number of nitrogens with zero attached hydrogens (tertiary/aromatic N) is 4. The number of nitrogens with one attached hydrogen (secondary N) is 2. The number of alkyl halides is 3. The SMILES string of the molecule is N/N=C(/CCc1ccc(-n2ccnc(Nc3ccc(C(F)(F)F)cc3F)c2=O)nc1)NN. The van der Waals surface area contributed by atoms with Gasteiger partial charge in [-0.25, -0.2) is 20.2 Å². The van der Waals surface area contributed by atoms with E-state index in [4.69, 9.17) is 11.7 Å². The third kappa shape index (κ3) is 5.18. The minimum atomic E-state index is -4.69. The number of hydrazone groups is 1. The summed E-state index contributed by atoms with van der Waals surface area (Å²) >= 11 is 0. The summed E-state index contributed by atoms with van der Waals surface area (Å²) in [5, 5.41) is 5.91. The molecule has 0 aliphatic carbocycles. The van der Waals surface area contributed by atoms with Crippen LogP contribution in [0.3, 0.4) is 0 Å². The van der Waals surface area contributed by atoms with Crippen molar-refractivity contribution in [1.29, 1.82) is 0 Å². The number of anilines is 2. The third-order valence-electron chi connectivity index (χ3n) is 4.42. The molecule has 2 heterocycles. The Morgan fingerprint density at radius 1 is 1.19 bits per heavy atom. The van der Waals surface area contributed by atoms with Gasteiger partial charge in [0, 0.05) is 25.0 Å². The van der Waals surface area contributed by atoms with E-state index in [0.29, 0.717) is 30.8 Å². The van der Waals surface area contributed by atoms with Gasteiger partial charge >= 0.3 is 6.18 Å². The van der Waals surface area contributed by atoms with E-state index in [1.807, 2.05) is 0 Å². The molecule has 0 atom stereocenters. The fraction of sp³-hybridized carbons (Fsp3) is 0.158. The molecule has 0 bridgehead atoms. The van der Waals surface area contributed by atoms with Gasteiger partial charge in [0.2, 0.25) is 0 Å². The Morgan fingerprint density at radius 3 is 2.56 bits per heavy atom. The lowest BCUT2D eigenvalue weighted by molar-refractivity contribution is -0.137. The van der Waals surface area contributed by atoms with Crippen LogP contribution in [0.25, 0.3) is 5.82 Å². The van der Waals surface area contributed by atoms with Gasteiger partial charge in [0.15, 0.2) is 5.82 Å². The quantitative estimate of drug-likeness (QED) is 0.149. The van der Waals surface area contributed by atoms with Gasteiger partial charge in [-0.3, -0.25) is 9.36 Å². The van der Waals surface area contributed by atoms with E-state index in [9.17, 15) is 22.4 Å². The van der Waals surface area contributed by atoms with Crippen molar-refractivity contribution in [3.05, 3.63) is 76.2 Å². The maximum atomic E-state index is 14.1. The highest BCUT2D eigenvalue weighted by molar-refractivity contribution is 5.81. The Bertz CT molecular complexity index is 1180. The summed E-state index contributed by atoms with van der Waals surface area (Å²) in [7, 11) is 0. The maximum absolute atomic E-state index is 14.1. The van der Waals surface area contributed by atoms with Crippen LogP contribution in [0.2, 0.25) is 0 Å². The van der Waals surface area contributed by atoms with Crippen molar-refractivity contribution in [2.75, 3.05) is 5.32 Å². The number of aromatic nitrogens is 3. The van der Waals surface area contributed by atoms with Crippen LogP contribution in [-0.2, 0) is 12.6 Å². The molecule has 0 amide bonds. The molecular weight excluding hydrogens is 432 g/mol. The van der Waals surface area contributed by atoms with Crippen molar-refractivity contribution in [2.45, 2.75) is 19.0 Å². The fourth-order valence-corrected chi connectivity index (χ4v) is 2.74. The van der Waals surface area contributed by atoms with Gasteiger partial charge in [-0.15, -0.1) is 0 Å². The summed E-state index contributed by atoms with van der Waals surface area (Å²) < 4.78 is 53.4. The molecule has 6 N–H and O–H groups in total. The van der Waals surface area contributed by atoms with Crippen LogP contribution >= 0.6 is 0 Å². The Labute approximate surface area is 178 Å². The molecule has 0 saturated heterocycles. The van der Waals surface area contributed by atoms with Gasteiger partial charge in [-0.05, 0) is 36.2 Å². The second-order valence-corrected chi connectivity index (χ2v) is 6.51. The summed E-state index contributed by atoms with van der Waals surface area (Å²) in [6, 6.07) is 5.26. The van der Waals surface area contributed by atoms with Gasteiger partial charge in [0.1, 0.15) is 17.5 Å². The number of pyridine rings is 1. The lowest BCUT2D eigenvalue weighted by Crippen LogP contribution is -2.31. The third-order valence-corrected chi connectivity index (χ3v) is 4.42. The van der Waals surface area contributed by atoms with Gasteiger partial charge in [-0.1, -0.05) is 6.07 Å². The monoisotopic (exact) mass is 450 g/mol. The van der Waals surface area contributed by atoms with Crippen LogP contribution in [-0.4, -0.2) is 20.4 Å². The summed E-state index contributed by atoms with van der Waals surface area (Å²) in [5.74, 6) is 9.66. The zero-order chi connectivity index (χ0) is 23.3. The number of nitrogens with two attached hydrogens (primary N) is 2. The highest BCUT2D eigenvalue weighted by atomic mass is 19.4. The summed E-state index contributed by atoms with van der Waals surface area (Å²) in [5.41, 5.74) is 1.06. The van der Waals surface area contributed by atoms with Gasteiger partial charge in [0.25, 0.3) is 5.56 Å². The Kier molecular flexibility index (Phi) is 6.68. The smallest absolute Gasteiger partial charge is 0.333 e. The average molecular weight is 450 g/mol. The second-order valence-electron chi connectivity index (χ2n) is 6.51. The fourth-order valence-electron chi connectivity index (χ4n) is 2.74. The lowest BCUT2D eigenvalue weighted by Gasteiger charge is -2.11. The van der Waals surface area contributed by atoms with Crippen LogP contribution in [0.1, 0.15) is 17.5 Å². The van der Waals surface area contributed by atoms with Crippen molar-refractivity contribution in [2.24, 2.45) is 16.8 Å². The Balaban J connectivity index is 1.81. The number of benzene rings is 1. The molecule has 9 nitrogen and oxygen atoms in total. The molecule has 0 fully saturated rings. The number of hydrazine groups is 1. The maximum Gasteiger partial charge on any atom is 0.416 e. The second kappa shape index (κ2) is 9.43. The summed E-state index contributed by atoms with van der Waals surface area (Å²) in [6.07, 6.45) is 0.493. The molecule has 0 spiro atoms. The molecule has 3 aromatic rings. The van der Waals surface area contributed by atoms with Crippen molar-refractivity contribution < 1.29 is 17.6 Å². The molecule has 0 aliphatic rings. The van der Waals surface area contributed by atoms with E-state index in [0.717, 1.165) is 16.2 Å². The first-order chi connectivity index (χ1) is 15.2. The van der Waals surface area contributed by atoms with Gasteiger partial charge < -0.3 is 16.6 Å². The molecule has 0 radical (unpaired) electrons. The minimum Gasteiger partial charge on any atom is -0.333 e. The first-order valence-corrected chi connectivity index (χ1v) is 9.13. The van der Waals surface area contributed by atoms with Gasteiger partial charge in [0.05, 0.1) is 11.3 Å². The highest BCUT2D eigenvalue weighted by Crippen LogP contribution is 2.31. The summed E-state index contributed by atoms with van der Waals surface area (Å²) in [4.78, 5) is 20.8. The molecule has 0 aliphatic heterocycles. The highest BCUT2D eigenvalue weighted by Gasteiger charge is 2.31.